The maximum atomic E-state index is 13.3. The molecule has 3 rings (SSSR count). The molecule has 138 valence electrons. The monoisotopic (exact) mass is 374 g/mol. The Morgan fingerprint density at radius 2 is 2.04 bits per heavy atom. The van der Waals surface area contributed by atoms with E-state index in [2.05, 4.69) is 4.98 Å². The van der Waals surface area contributed by atoms with E-state index in [1.165, 1.54) is 24.0 Å². The molecule has 0 saturated heterocycles. The molecular weight excluding hydrogens is 351 g/mol. The molecule has 1 heterocycles. The van der Waals surface area contributed by atoms with Crippen molar-refractivity contribution in [1.29, 1.82) is 0 Å². The smallest absolute Gasteiger partial charge is 0.270 e. The number of rotatable bonds is 5. The summed E-state index contributed by atoms with van der Waals surface area (Å²) in [5.41, 5.74) is 7.52. The molecule has 4 N–H and O–H groups in total. The number of fused-ring (bicyclic) bond motifs is 1. The van der Waals surface area contributed by atoms with Gasteiger partial charge in [-0.05, 0) is 37.1 Å². The van der Waals surface area contributed by atoms with Gasteiger partial charge in [-0.3, -0.25) is 14.9 Å². The van der Waals surface area contributed by atoms with Gasteiger partial charge in [0.25, 0.3) is 5.91 Å². The zero-order valence-corrected chi connectivity index (χ0v) is 15.3. The summed E-state index contributed by atoms with van der Waals surface area (Å²) in [6, 6.07) is 8.32. The van der Waals surface area contributed by atoms with E-state index >= 15 is 0 Å². The first-order valence-corrected chi connectivity index (χ1v) is 9.70. The van der Waals surface area contributed by atoms with Gasteiger partial charge in [-0.2, -0.15) is 0 Å². The Labute approximate surface area is 156 Å². The van der Waals surface area contributed by atoms with Crippen molar-refractivity contribution >= 4 is 28.8 Å². The van der Waals surface area contributed by atoms with E-state index < -0.39 is 0 Å². The molecule has 0 bridgehead atoms. The Kier molecular flexibility index (Phi) is 6.11. The number of hydrogen-bond donors (Lipinski definition) is 2. The molecule has 5 nitrogen and oxygen atoms in total. The zero-order chi connectivity index (χ0) is 18.5. The van der Waals surface area contributed by atoms with E-state index in [0.29, 0.717) is 12.1 Å². The van der Waals surface area contributed by atoms with Crippen molar-refractivity contribution in [3.63, 3.8) is 0 Å². The molecule has 26 heavy (non-hydrogen) atoms. The highest BCUT2D eigenvalue weighted by atomic mass is 32.2. The molecule has 0 unspecified atom stereocenters. The van der Waals surface area contributed by atoms with Crippen molar-refractivity contribution in [3.8, 4) is 0 Å². The fraction of sp³-hybridized carbons (Fsp3) is 0.368. The Morgan fingerprint density at radius 1 is 1.27 bits per heavy atom. The first-order chi connectivity index (χ1) is 12.6. The van der Waals surface area contributed by atoms with E-state index in [1.807, 2.05) is 12.1 Å². The molecule has 1 aliphatic carbocycles. The minimum atomic E-state index is -0.289. The van der Waals surface area contributed by atoms with E-state index in [0.717, 1.165) is 48.7 Å². The van der Waals surface area contributed by atoms with Gasteiger partial charge >= 0.3 is 0 Å². The molecule has 0 atom stereocenters. The van der Waals surface area contributed by atoms with Crippen LogP contribution in [-0.2, 0) is 11.3 Å². The molecular formula is C19H23FN4OS. The largest absolute Gasteiger partial charge is 0.394 e. The molecule has 7 heteroatoms. The number of nitrogens with two attached hydrogens (primary N) is 2. The molecule has 2 aromatic rings. The third kappa shape index (κ3) is 4.34. The molecule has 1 amide bonds. The zero-order valence-electron chi connectivity index (χ0n) is 14.5. The van der Waals surface area contributed by atoms with E-state index in [1.54, 1.807) is 11.0 Å². The highest BCUT2D eigenvalue weighted by molar-refractivity contribution is 8.00. The summed E-state index contributed by atoms with van der Waals surface area (Å²) in [4.78, 5) is 19.2. The van der Waals surface area contributed by atoms with Crippen LogP contribution in [0.3, 0.4) is 0 Å². The number of hydrogen-bond acceptors (Lipinski definition) is 5. The fourth-order valence-electron chi connectivity index (χ4n) is 3.45. The lowest BCUT2D eigenvalue weighted by Crippen LogP contribution is -2.43. The summed E-state index contributed by atoms with van der Waals surface area (Å²) in [5, 5.41) is 7.63. The minimum Gasteiger partial charge on any atom is -0.394 e. The van der Waals surface area contributed by atoms with E-state index in [4.69, 9.17) is 10.9 Å². The SMILES string of the molecule is NS/C=C(\N)C(=O)N(Cc1ccc2cc(F)ccc2n1)C1CCCCC1. The lowest BCUT2D eigenvalue weighted by Gasteiger charge is -2.34. The van der Waals surface area contributed by atoms with Crippen molar-refractivity contribution in [2.75, 3.05) is 0 Å². The van der Waals surface area contributed by atoms with Gasteiger partial charge in [0, 0.05) is 16.8 Å². The van der Waals surface area contributed by atoms with Gasteiger partial charge in [-0.1, -0.05) is 37.3 Å². The van der Waals surface area contributed by atoms with E-state index in [-0.39, 0.29) is 23.5 Å². The van der Waals surface area contributed by atoms with Crippen LogP contribution in [0.25, 0.3) is 10.9 Å². The summed E-state index contributed by atoms with van der Waals surface area (Å²) in [6.07, 6.45) is 5.34. The van der Waals surface area contributed by atoms with E-state index in [9.17, 15) is 9.18 Å². The minimum absolute atomic E-state index is 0.144. The van der Waals surface area contributed by atoms with Gasteiger partial charge in [0.15, 0.2) is 0 Å². The number of aromatic nitrogens is 1. The van der Waals surface area contributed by atoms with Crippen molar-refractivity contribution in [1.82, 2.24) is 9.88 Å². The van der Waals surface area contributed by atoms with Crippen LogP contribution < -0.4 is 10.9 Å². The van der Waals surface area contributed by atoms with Crippen LogP contribution >= 0.6 is 11.9 Å². The van der Waals surface area contributed by atoms with Gasteiger partial charge in [-0.25, -0.2) is 4.39 Å². The predicted molar refractivity (Wildman–Crippen MR) is 103 cm³/mol. The molecule has 1 fully saturated rings. The normalized spacial score (nSPS) is 16.0. The molecule has 0 spiro atoms. The molecule has 1 aromatic carbocycles. The fourth-order valence-corrected chi connectivity index (χ4v) is 3.70. The van der Waals surface area contributed by atoms with Crippen LogP contribution in [0.5, 0.6) is 0 Å². The average Bonchev–Trinajstić information content (AvgIpc) is 2.66. The van der Waals surface area contributed by atoms with Crippen LogP contribution in [0, 0.1) is 5.82 Å². The van der Waals surface area contributed by atoms with Gasteiger partial charge < -0.3 is 10.6 Å². The highest BCUT2D eigenvalue weighted by Crippen LogP contribution is 2.25. The van der Waals surface area contributed by atoms with Gasteiger partial charge in [0.05, 0.1) is 17.8 Å². The maximum absolute atomic E-state index is 13.3. The van der Waals surface area contributed by atoms with Crippen molar-refractivity contribution < 1.29 is 9.18 Å². The summed E-state index contributed by atoms with van der Waals surface area (Å²) in [5.74, 6) is -0.501. The first-order valence-electron chi connectivity index (χ1n) is 8.76. The number of nitrogens with zero attached hydrogens (tertiary/aromatic N) is 2. The highest BCUT2D eigenvalue weighted by Gasteiger charge is 2.27. The first kappa shape index (κ1) is 18.7. The van der Waals surface area contributed by atoms with Crippen molar-refractivity contribution in [3.05, 3.63) is 52.9 Å². The van der Waals surface area contributed by atoms with Crippen LogP contribution in [0.4, 0.5) is 4.39 Å². The van der Waals surface area contributed by atoms with Gasteiger partial charge in [0.2, 0.25) is 0 Å². The molecule has 0 radical (unpaired) electrons. The van der Waals surface area contributed by atoms with Crippen LogP contribution in [-0.4, -0.2) is 21.8 Å². The number of carbonyl (C=O) groups excluding carboxylic acids is 1. The topological polar surface area (TPSA) is 85.2 Å². The second-order valence-electron chi connectivity index (χ2n) is 6.57. The number of benzene rings is 1. The number of halogens is 1. The molecule has 0 aliphatic heterocycles. The summed E-state index contributed by atoms with van der Waals surface area (Å²) >= 11 is 0.926. The standard InChI is InChI=1S/C19H23FN4OS/c20-14-7-9-18-13(10-14)6-8-15(23-18)11-24(16-4-2-1-3-5-16)19(25)17(21)12-26-22/h6-10,12,16H,1-5,11,21-22H2/b17-12-. The van der Waals surface area contributed by atoms with Crippen LogP contribution in [0.2, 0.25) is 0 Å². The Balaban J connectivity index is 1.87. The summed E-state index contributed by atoms with van der Waals surface area (Å²) < 4.78 is 13.3. The van der Waals surface area contributed by atoms with Gasteiger partial charge in [-0.15, -0.1) is 0 Å². The quantitative estimate of drug-likeness (QED) is 0.618. The molecule has 1 aromatic heterocycles. The number of amides is 1. The van der Waals surface area contributed by atoms with Crippen molar-refractivity contribution in [2.24, 2.45) is 10.9 Å². The van der Waals surface area contributed by atoms with Crippen LogP contribution in [0.1, 0.15) is 37.8 Å². The second-order valence-corrected chi connectivity index (χ2v) is 7.08. The third-order valence-electron chi connectivity index (χ3n) is 4.76. The number of carbonyl (C=O) groups is 1. The van der Waals surface area contributed by atoms with Crippen LogP contribution in [0.15, 0.2) is 41.4 Å². The second kappa shape index (κ2) is 8.51. The maximum Gasteiger partial charge on any atom is 0.270 e. The van der Waals surface area contributed by atoms with Crippen molar-refractivity contribution in [2.45, 2.75) is 44.7 Å². The Bertz CT molecular complexity index is 820. The molecule has 1 aliphatic rings. The molecule has 1 saturated carbocycles. The predicted octanol–water partition coefficient (Wildman–Crippen LogP) is 3.44. The Morgan fingerprint density at radius 3 is 2.77 bits per heavy atom. The lowest BCUT2D eigenvalue weighted by molar-refractivity contribution is -0.130. The number of pyridine rings is 1. The summed E-state index contributed by atoms with van der Waals surface area (Å²) in [7, 11) is 0. The third-order valence-corrected chi connectivity index (χ3v) is 5.15. The van der Waals surface area contributed by atoms with Gasteiger partial charge in [0.1, 0.15) is 11.5 Å². The lowest BCUT2D eigenvalue weighted by atomic mass is 9.93. The Hall–Kier alpha value is -2.12. The summed E-state index contributed by atoms with van der Waals surface area (Å²) in [6.45, 7) is 0.376. The average molecular weight is 374 g/mol.